The lowest BCUT2D eigenvalue weighted by molar-refractivity contribution is 0.295. The van der Waals surface area contributed by atoms with Crippen LogP contribution in [-0.4, -0.2) is 32.5 Å². The summed E-state index contributed by atoms with van der Waals surface area (Å²) in [4.78, 5) is 0. The number of nitrogens with one attached hydrogen (secondary N) is 1. The fourth-order valence-corrected chi connectivity index (χ4v) is 2.91. The van der Waals surface area contributed by atoms with Crippen LogP contribution in [0, 0.1) is 5.92 Å². The van der Waals surface area contributed by atoms with Gasteiger partial charge in [0.15, 0.2) is 9.84 Å². The molecule has 92 valence electrons. The van der Waals surface area contributed by atoms with Crippen LogP contribution in [0.1, 0.15) is 40.5 Å². The molecule has 0 saturated heterocycles. The van der Waals surface area contributed by atoms with Crippen molar-refractivity contribution in [1.82, 2.24) is 5.32 Å². The van der Waals surface area contributed by atoms with E-state index in [9.17, 15) is 8.42 Å². The minimum absolute atomic E-state index is 0.0162. The molecule has 0 fully saturated rings. The molecule has 0 radical (unpaired) electrons. The lowest BCUT2D eigenvalue weighted by atomic mass is 9.86. The molecule has 4 heteroatoms. The molecule has 0 aromatic heterocycles. The van der Waals surface area contributed by atoms with Crippen molar-refractivity contribution in [2.24, 2.45) is 5.92 Å². The van der Waals surface area contributed by atoms with Gasteiger partial charge in [-0.05, 0) is 26.8 Å². The van der Waals surface area contributed by atoms with Gasteiger partial charge in [0.1, 0.15) is 0 Å². The quantitative estimate of drug-likeness (QED) is 0.764. The normalized spacial score (nSPS) is 15.7. The third-order valence-electron chi connectivity index (χ3n) is 3.54. The van der Waals surface area contributed by atoms with Crippen molar-refractivity contribution < 1.29 is 8.42 Å². The van der Waals surface area contributed by atoms with Gasteiger partial charge in [0.05, 0.1) is 4.75 Å². The Morgan fingerprint density at radius 1 is 1.20 bits per heavy atom. The fourth-order valence-electron chi connectivity index (χ4n) is 2.14. The van der Waals surface area contributed by atoms with E-state index in [-0.39, 0.29) is 6.04 Å². The monoisotopic (exact) mass is 235 g/mol. The van der Waals surface area contributed by atoms with Gasteiger partial charge in [0.25, 0.3) is 0 Å². The molecule has 0 aliphatic rings. The smallest absolute Gasteiger partial charge is 0.154 e. The van der Waals surface area contributed by atoms with Gasteiger partial charge in [-0.3, -0.25) is 0 Å². The molecular weight excluding hydrogens is 210 g/mol. The van der Waals surface area contributed by atoms with Crippen LogP contribution in [0.2, 0.25) is 0 Å². The molecule has 15 heavy (non-hydrogen) atoms. The summed E-state index contributed by atoms with van der Waals surface area (Å²) in [5, 5.41) is 3.17. The van der Waals surface area contributed by atoms with Gasteiger partial charge in [-0.25, -0.2) is 8.42 Å². The van der Waals surface area contributed by atoms with E-state index < -0.39 is 14.6 Å². The summed E-state index contributed by atoms with van der Waals surface area (Å²) in [7, 11) is -1.20. The minimum atomic E-state index is -3.04. The first-order valence-electron chi connectivity index (χ1n) is 5.59. The van der Waals surface area contributed by atoms with Crippen LogP contribution >= 0.6 is 0 Å². The van der Waals surface area contributed by atoms with Crippen LogP contribution in [0.25, 0.3) is 0 Å². The van der Waals surface area contributed by atoms with Crippen LogP contribution in [0.5, 0.6) is 0 Å². The van der Waals surface area contributed by atoms with E-state index in [4.69, 9.17) is 0 Å². The van der Waals surface area contributed by atoms with Crippen molar-refractivity contribution in [3.8, 4) is 0 Å². The molecule has 0 amide bonds. The maximum absolute atomic E-state index is 11.7. The molecule has 0 aliphatic heterocycles. The van der Waals surface area contributed by atoms with Gasteiger partial charge in [-0.15, -0.1) is 0 Å². The highest BCUT2D eigenvalue weighted by Crippen LogP contribution is 2.28. The third-order valence-corrected chi connectivity index (χ3v) is 5.70. The van der Waals surface area contributed by atoms with E-state index >= 15 is 0 Å². The van der Waals surface area contributed by atoms with Crippen molar-refractivity contribution in [3.63, 3.8) is 0 Å². The van der Waals surface area contributed by atoms with E-state index in [0.29, 0.717) is 5.92 Å². The Morgan fingerprint density at radius 2 is 1.60 bits per heavy atom. The average Bonchev–Trinajstić information content (AvgIpc) is 2.11. The second kappa shape index (κ2) is 5.30. The van der Waals surface area contributed by atoms with Crippen LogP contribution in [0.3, 0.4) is 0 Å². The maximum Gasteiger partial charge on any atom is 0.154 e. The Kier molecular flexibility index (Phi) is 5.27. The van der Waals surface area contributed by atoms with Gasteiger partial charge >= 0.3 is 0 Å². The van der Waals surface area contributed by atoms with Crippen molar-refractivity contribution in [3.05, 3.63) is 0 Å². The zero-order chi connectivity index (χ0) is 12.3. The second-order valence-corrected chi connectivity index (χ2v) is 7.32. The van der Waals surface area contributed by atoms with Gasteiger partial charge in [-0.2, -0.15) is 0 Å². The van der Waals surface area contributed by atoms with E-state index in [1.807, 2.05) is 20.9 Å². The molecule has 1 atom stereocenters. The second-order valence-electron chi connectivity index (χ2n) is 4.72. The third kappa shape index (κ3) is 3.18. The molecule has 0 aromatic carbocycles. The molecule has 1 N–H and O–H groups in total. The minimum Gasteiger partial charge on any atom is -0.315 e. The standard InChI is InChI=1S/C11H25NO2S/c1-7-9(8-2)10(12-5)11(3,4)15(6,13)14/h9-10,12H,7-8H2,1-6H3. The Morgan fingerprint density at radius 3 is 1.80 bits per heavy atom. The highest BCUT2D eigenvalue weighted by Gasteiger charge is 2.41. The predicted molar refractivity (Wildman–Crippen MR) is 65.8 cm³/mol. The van der Waals surface area contributed by atoms with Gasteiger partial charge in [0, 0.05) is 12.3 Å². The number of hydrogen-bond donors (Lipinski definition) is 1. The molecule has 0 spiro atoms. The molecule has 0 bridgehead atoms. The highest BCUT2D eigenvalue weighted by molar-refractivity contribution is 7.92. The molecule has 0 aromatic rings. The zero-order valence-electron chi connectivity index (χ0n) is 10.8. The van der Waals surface area contributed by atoms with Gasteiger partial charge in [0.2, 0.25) is 0 Å². The van der Waals surface area contributed by atoms with Crippen molar-refractivity contribution in [1.29, 1.82) is 0 Å². The van der Waals surface area contributed by atoms with Crippen LogP contribution in [0.15, 0.2) is 0 Å². The molecule has 0 heterocycles. The van der Waals surface area contributed by atoms with Crippen LogP contribution in [0.4, 0.5) is 0 Å². The largest absolute Gasteiger partial charge is 0.315 e. The SMILES string of the molecule is CCC(CC)C(NC)C(C)(C)S(C)(=O)=O. The van der Waals surface area contributed by atoms with E-state index in [2.05, 4.69) is 19.2 Å². The summed E-state index contributed by atoms with van der Waals surface area (Å²) in [5.41, 5.74) is 0. The van der Waals surface area contributed by atoms with E-state index in [0.717, 1.165) is 12.8 Å². The maximum atomic E-state index is 11.7. The Balaban J connectivity index is 5.12. The molecule has 1 unspecified atom stereocenters. The summed E-state index contributed by atoms with van der Waals surface area (Å²) >= 11 is 0. The molecule has 0 rings (SSSR count). The summed E-state index contributed by atoms with van der Waals surface area (Å²) in [5.74, 6) is 0.403. The fraction of sp³-hybridized carbons (Fsp3) is 1.00. The number of rotatable bonds is 6. The Bertz CT molecular complexity index is 279. The summed E-state index contributed by atoms with van der Waals surface area (Å²) in [6.07, 6.45) is 3.32. The first-order valence-corrected chi connectivity index (χ1v) is 7.48. The number of hydrogen-bond acceptors (Lipinski definition) is 3. The number of sulfone groups is 1. The van der Waals surface area contributed by atoms with Gasteiger partial charge < -0.3 is 5.32 Å². The summed E-state index contributed by atoms with van der Waals surface area (Å²) < 4.78 is 22.8. The zero-order valence-corrected chi connectivity index (χ0v) is 11.6. The van der Waals surface area contributed by atoms with Crippen molar-refractivity contribution >= 4 is 9.84 Å². The van der Waals surface area contributed by atoms with Crippen molar-refractivity contribution in [2.45, 2.75) is 51.3 Å². The van der Waals surface area contributed by atoms with E-state index in [1.54, 1.807) is 0 Å². The Labute approximate surface area is 94.6 Å². The predicted octanol–water partition coefficient (Wildman–Crippen LogP) is 1.83. The van der Waals surface area contributed by atoms with E-state index in [1.165, 1.54) is 6.26 Å². The lowest BCUT2D eigenvalue weighted by Gasteiger charge is -2.37. The topological polar surface area (TPSA) is 46.2 Å². The molecule has 0 saturated carbocycles. The lowest BCUT2D eigenvalue weighted by Crippen LogP contribution is -2.54. The van der Waals surface area contributed by atoms with Gasteiger partial charge in [-0.1, -0.05) is 26.7 Å². The average molecular weight is 235 g/mol. The molecule has 0 aliphatic carbocycles. The summed E-state index contributed by atoms with van der Waals surface area (Å²) in [6, 6.07) is 0.0162. The Hall–Kier alpha value is -0.0900. The molecular formula is C11H25NO2S. The van der Waals surface area contributed by atoms with Crippen LogP contribution < -0.4 is 5.32 Å². The summed E-state index contributed by atoms with van der Waals surface area (Å²) in [6.45, 7) is 7.83. The molecule has 3 nitrogen and oxygen atoms in total. The van der Waals surface area contributed by atoms with Crippen LogP contribution in [-0.2, 0) is 9.84 Å². The highest BCUT2D eigenvalue weighted by atomic mass is 32.2. The first-order chi connectivity index (χ1) is 6.72. The van der Waals surface area contributed by atoms with Crippen molar-refractivity contribution in [2.75, 3.05) is 13.3 Å². The first kappa shape index (κ1) is 14.9.